The average Bonchev–Trinajstić information content (AvgIpc) is 2.45. The minimum atomic E-state index is -3.41. The first kappa shape index (κ1) is 15.5. The van der Waals surface area contributed by atoms with Gasteiger partial charge < -0.3 is 0 Å². The number of fused-ring (bicyclic) bond motifs is 1. The Morgan fingerprint density at radius 3 is 2.55 bits per heavy atom. The van der Waals surface area contributed by atoms with Crippen molar-refractivity contribution in [3.8, 4) is 0 Å². The van der Waals surface area contributed by atoms with E-state index in [9.17, 15) is 8.42 Å². The van der Waals surface area contributed by atoms with Crippen LogP contribution in [0.2, 0.25) is 0 Å². The zero-order valence-corrected chi connectivity index (χ0v) is 13.5. The Kier molecular flexibility index (Phi) is 4.23. The zero-order chi connectivity index (χ0) is 15.0. The largest absolute Gasteiger partial charge is 0.279 e. The van der Waals surface area contributed by atoms with Crippen LogP contribution in [0.4, 0.5) is 0 Å². The number of hydrogen-bond acceptors (Lipinski definition) is 2. The van der Waals surface area contributed by atoms with Crippen LogP contribution in [0.5, 0.6) is 0 Å². The van der Waals surface area contributed by atoms with Crippen LogP contribution in [-0.2, 0) is 22.0 Å². The van der Waals surface area contributed by atoms with Gasteiger partial charge in [-0.2, -0.15) is 17.4 Å². The van der Waals surface area contributed by atoms with E-state index in [1.807, 2.05) is 26.0 Å². The lowest BCUT2D eigenvalue weighted by Crippen LogP contribution is -2.47. The lowest BCUT2D eigenvalue weighted by Gasteiger charge is -2.30. The predicted molar refractivity (Wildman–Crippen MR) is 81.9 cm³/mol. The number of hydrogen-bond donors (Lipinski definition) is 1. The fourth-order valence-corrected chi connectivity index (χ4v) is 4.40. The summed E-state index contributed by atoms with van der Waals surface area (Å²) >= 11 is 0. The van der Waals surface area contributed by atoms with Crippen molar-refractivity contribution in [3.63, 3.8) is 0 Å². The summed E-state index contributed by atoms with van der Waals surface area (Å²) in [5.74, 6) is 0. The van der Waals surface area contributed by atoms with Gasteiger partial charge in [0.05, 0.1) is 0 Å². The van der Waals surface area contributed by atoms with Gasteiger partial charge >= 0.3 is 0 Å². The number of benzene rings is 1. The molecule has 1 aliphatic heterocycles. The van der Waals surface area contributed by atoms with E-state index in [1.165, 1.54) is 11.1 Å². The molecule has 2 rings (SSSR count). The predicted octanol–water partition coefficient (Wildman–Crippen LogP) is 2.07. The molecule has 20 heavy (non-hydrogen) atoms. The van der Waals surface area contributed by atoms with Gasteiger partial charge in [0.15, 0.2) is 0 Å². The fraction of sp³-hybridized carbons (Fsp3) is 0.600. The van der Waals surface area contributed by atoms with Gasteiger partial charge in [-0.15, -0.1) is 0 Å². The summed E-state index contributed by atoms with van der Waals surface area (Å²) in [5, 5.41) is 0. The van der Waals surface area contributed by atoms with Gasteiger partial charge in [-0.25, -0.2) is 0 Å². The second-order valence-electron chi connectivity index (χ2n) is 6.40. The van der Waals surface area contributed by atoms with Gasteiger partial charge in [0.1, 0.15) is 0 Å². The van der Waals surface area contributed by atoms with Crippen molar-refractivity contribution in [3.05, 3.63) is 35.4 Å². The Balaban J connectivity index is 2.32. The molecule has 4 nitrogen and oxygen atoms in total. The molecule has 1 N–H and O–H groups in total. The molecule has 1 heterocycles. The molecular weight excluding hydrogens is 272 g/mol. The zero-order valence-electron chi connectivity index (χ0n) is 12.7. The highest BCUT2D eigenvalue weighted by Gasteiger charge is 2.34. The topological polar surface area (TPSA) is 49.4 Å². The van der Waals surface area contributed by atoms with E-state index in [-0.39, 0.29) is 11.5 Å². The lowest BCUT2D eigenvalue weighted by atomic mass is 9.82. The summed E-state index contributed by atoms with van der Waals surface area (Å²) in [6.07, 6.45) is 0.763. The molecule has 1 aliphatic rings. The molecule has 0 saturated heterocycles. The monoisotopic (exact) mass is 296 g/mol. The first-order chi connectivity index (χ1) is 9.22. The average molecular weight is 296 g/mol. The molecule has 0 unspecified atom stereocenters. The van der Waals surface area contributed by atoms with Crippen LogP contribution in [0.3, 0.4) is 0 Å². The Hall–Kier alpha value is -0.910. The molecule has 0 spiro atoms. The number of rotatable bonds is 3. The third-order valence-electron chi connectivity index (χ3n) is 3.67. The maximum absolute atomic E-state index is 12.4. The highest BCUT2D eigenvalue weighted by atomic mass is 32.2. The summed E-state index contributed by atoms with van der Waals surface area (Å²) in [6, 6.07) is 8.17. The molecule has 0 atom stereocenters. The Morgan fingerprint density at radius 1 is 1.25 bits per heavy atom. The molecule has 0 radical (unpaired) electrons. The third-order valence-corrected chi connectivity index (χ3v) is 5.43. The van der Waals surface area contributed by atoms with Gasteiger partial charge in [-0.05, 0) is 31.4 Å². The minimum Gasteiger partial charge on any atom is -0.200 e. The van der Waals surface area contributed by atoms with Gasteiger partial charge in [-0.3, -0.25) is 0 Å². The first-order valence-corrected chi connectivity index (χ1v) is 8.52. The van der Waals surface area contributed by atoms with E-state index in [0.717, 1.165) is 6.42 Å². The van der Waals surface area contributed by atoms with Crippen molar-refractivity contribution < 1.29 is 8.42 Å². The minimum absolute atomic E-state index is 0.0891. The number of nitrogens with zero attached hydrogens (tertiary/aromatic N) is 1. The van der Waals surface area contributed by atoms with Crippen molar-refractivity contribution in [1.82, 2.24) is 9.03 Å². The highest BCUT2D eigenvalue weighted by molar-refractivity contribution is 7.87. The Bertz CT molecular complexity index is 579. The molecule has 0 fully saturated rings. The first-order valence-electron chi connectivity index (χ1n) is 7.08. The van der Waals surface area contributed by atoms with Crippen LogP contribution >= 0.6 is 0 Å². The van der Waals surface area contributed by atoms with E-state index in [4.69, 9.17) is 0 Å². The van der Waals surface area contributed by atoms with Gasteiger partial charge in [-0.1, -0.05) is 38.1 Å². The molecule has 1 aromatic carbocycles. The standard InChI is InChI=1S/C15H24N2O2S/c1-12(2)16-20(18,19)17-10-9-13-7-5-6-8-14(13)15(3,4)11-17/h5-8,12,16H,9-11H2,1-4H3. The van der Waals surface area contributed by atoms with Gasteiger partial charge in [0, 0.05) is 24.5 Å². The molecule has 0 aliphatic carbocycles. The van der Waals surface area contributed by atoms with Crippen LogP contribution in [0.15, 0.2) is 24.3 Å². The van der Waals surface area contributed by atoms with Gasteiger partial charge in [0.2, 0.25) is 0 Å². The SMILES string of the molecule is CC(C)NS(=O)(=O)N1CCc2ccccc2C(C)(C)C1. The highest BCUT2D eigenvalue weighted by Crippen LogP contribution is 2.31. The molecule has 0 aromatic heterocycles. The van der Waals surface area contributed by atoms with Crippen molar-refractivity contribution in [2.45, 2.75) is 45.6 Å². The normalized spacial score (nSPS) is 19.6. The van der Waals surface area contributed by atoms with Crippen LogP contribution in [0.25, 0.3) is 0 Å². The summed E-state index contributed by atoms with van der Waals surface area (Å²) in [6.45, 7) is 8.93. The van der Waals surface area contributed by atoms with Crippen LogP contribution in [0.1, 0.15) is 38.8 Å². The molecule has 1 aromatic rings. The second-order valence-corrected chi connectivity index (χ2v) is 8.10. The van der Waals surface area contributed by atoms with E-state index in [0.29, 0.717) is 13.1 Å². The molecular formula is C15H24N2O2S. The Labute approximate surface area is 122 Å². The smallest absolute Gasteiger partial charge is 0.200 e. The van der Waals surface area contributed by atoms with Crippen molar-refractivity contribution >= 4 is 10.2 Å². The molecule has 0 amide bonds. The summed E-state index contributed by atoms with van der Waals surface area (Å²) in [5.41, 5.74) is 2.32. The van der Waals surface area contributed by atoms with E-state index in [1.54, 1.807) is 4.31 Å². The van der Waals surface area contributed by atoms with Crippen LogP contribution in [-0.4, -0.2) is 31.9 Å². The second kappa shape index (κ2) is 5.47. The summed E-state index contributed by atoms with van der Waals surface area (Å²) in [7, 11) is -3.41. The Morgan fingerprint density at radius 2 is 1.90 bits per heavy atom. The summed E-state index contributed by atoms with van der Waals surface area (Å²) < 4.78 is 29.1. The fourth-order valence-electron chi connectivity index (χ4n) is 2.83. The molecule has 0 saturated carbocycles. The molecule has 112 valence electrons. The van der Waals surface area contributed by atoms with Crippen molar-refractivity contribution in [2.24, 2.45) is 0 Å². The van der Waals surface area contributed by atoms with Crippen molar-refractivity contribution in [1.29, 1.82) is 0 Å². The van der Waals surface area contributed by atoms with E-state index in [2.05, 4.69) is 30.7 Å². The van der Waals surface area contributed by atoms with Crippen molar-refractivity contribution in [2.75, 3.05) is 13.1 Å². The van der Waals surface area contributed by atoms with Crippen LogP contribution in [0, 0.1) is 0 Å². The van der Waals surface area contributed by atoms with E-state index < -0.39 is 10.2 Å². The third kappa shape index (κ3) is 3.22. The van der Waals surface area contributed by atoms with Crippen LogP contribution < -0.4 is 4.72 Å². The quantitative estimate of drug-likeness (QED) is 0.928. The van der Waals surface area contributed by atoms with E-state index >= 15 is 0 Å². The van der Waals surface area contributed by atoms with Gasteiger partial charge in [0.25, 0.3) is 10.2 Å². The summed E-state index contributed by atoms with van der Waals surface area (Å²) in [4.78, 5) is 0. The number of nitrogens with one attached hydrogen (secondary N) is 1. The molecule has 0 bridgehead atoms. The molecule has 5 heteroatoms. The lowest BCUT2D eigenvalue weighted by molar-refractivity contribution is 0.342. The maximum Gasteiger partial charge on any atom is 0.279 e. The maximum atomic E-state index is 12.4.